The predicted molar refractivity (Wildman–Crippen MR) is 140 cm³/mol. The van der Waals surface area contributed by atoms with Gasteiger partial charge in [-0.25, -0.2) is 0 Å². The molecule has 2 aromatic carbocycles. The first kappa shape index (κ1) is 24.8. The topological polar surface area (TPSA) is 84.4 Å². The second kappa shape index (κ2) is 11.4. The van der Waals surface area contributed by atoms with E-state index in [4.69, 9.17) is 14.3 Å². The molecule has 35 heavy (non-hydrogen) atoms. The van der Waals surface area contributed by atoms with Gasteiger partial charge in [-0.15, -0.1) is 12.4 Å². The minimum atomic E-state index is -0.132. The van der Waals surface area contributed by atoms with Gasteiger partial charge in [-0.1, -0.05) is 23.4 Å². The van der Waals surface area contributed by atoms with E-state index < -0.39 is 0 Å². The molecule has 0 saturated carbocycles. The van der Waals surface area contributed by atoms with Crippen molar-refractivity contribution in [1.82, 2.24) is 4.90 Å². The number of fused-ring (bicyclic) bond motifs is 2. The zero-order valence-electron chi connectivity index (χ0n) is 19.6. The number of nitrogens with one attached hydrogen (secondary N) is 2. The van der Waals surface area contributed by atoms with E-state index in [-0.39, 0.29) is 18.3 Å². The maximum atomic E-state index is 12.8. The van der Waals surface area contributed by atoms with Crippen molar-refractivity contribution in [2.24, 2.45) is 5.16 Å². The molecule has 3 aliphatic rings. The van der Waals surface area contributed by atoms with Crippen molar-refractivity contribution in [2.75, 3.05) is 56.7 Å². The molecule has 0 bridgehead atoms. The second-order valence-electron chi connectivity index (χ2n) is 8.21. The Morgan fingerprint density at radius 2 is 1.94 bits per heavy atom. The number of carbonyl (C=O) groups excluding carboxylic acids is 1. The lowest BCUT2D eigenvalue weighted by atomic mass is 10.00. The summed E-state index contributed by atoms with van der Waals surface area (Å²) in [6, 6.07) is 11.7. The molecule has 0 aliphatic carbocycles. The Bertz CT molecular complexity index is 1170. The summed E-state index contributed by atoms with van der Waals surface area (Å²) < 4.78 is 11.4. The fraction of sp³-hybridized carbons (Fsp3) is 0.308. The number of amides is 1. The number of benzene rings is 2. The number of allylic oxidation sites excluding steroid dienone is 1. The van der Waals surface area contributed by atoms with E-state index in [1.165, 1.54) is 0 Å². The number of nitrogens with zero attached hydrogens (tertiary/aromatic N) is 2. The number of rotatable bonds is 7. The Hall–Kier alpha value is -3.33. The third-order valence-corrected chi connectivity index (χ3v) is 5.96. The highest BCUT2D eigenvalue weighted by Gasteiger charge is 2.28. The van der Waals surface area contributed by atoms with Crippen LogP contribution in [0.2, 0.25) is 0 Å². The van der Waals surface area contributed by atoms with Crippen molar-refractivity contribution in [2.45, 2.75) is 6.92 Å². The molecule has 8 nitrogen and oxygen atoms in total. The largest absolute Gasteiger partial charge is 0.492 e. The Kier molecular flexibility index (Phi) is 8.07. The highest BCUT2D eigenvalue weighted by molar-refractivity contribution is 6.33. The SMILES string of the molecule is CCO/N=C/c1ccc2c(c1)NC(=O)/C2=C1/C=Cc2cc(OCCN3CCOCC3)ccc2N1.Cl. The number of oxime groups is 1. The van der Waals surface area contributed by atoms with Gasteiger partial charge in [0.2, 0.25) is 0 Å². The summed E-state index contributed by atoms with van der Waals surface area (Å²) in [7, 11) is 0. The van der Waals surface area contributed by atoms with E-state index in [0.717, 1.165) is 72.4 Å². The number of ether oxygens (including phenoxy) is 2. The number of hydrogen-bond donors (Lipinski definition) is 2. The predicted octanol–water partition coefficient (Wildman–Crippen LogP) is 3.99. The van der Waals surface area contributed by atoms with Crippen LogP contribution in [0.15, 0.2) is 53.3 Å². The number of morpholine rings is 1. The molecule has 3 aliphatic heterocycles. The van der Waals surface area contributed by atoms with Crippen LogP contribution in [0.3, 0.4) is 0 Å². The number of carbonyl (C=O) groups is 1. The van der Waals surface area contributed by atoms with E-state index in [1.54, 1.807) is 6.21 Å². The molecule has 1 amide bonds. The quantitative estimate of drug-likeness (QED) is 0.342. The molecular formula is C26H29ClN4O4. The van der Waals surface area contributed by atoms with Crippen molar-refractivity contribution in [1.29, 1.82) is 0 Å². The van der Waals surface area contributed by atoms with Gasteiger partial charge in [-0.2, -0.15) is 0 Å². The van der Waals surface area contributed by atoms with Crippen molar-refractivity contribution >= 4 is 47.6 Å². The zero-order chi connectivity index (χ0) is 23.3. The van der Waals surface area contributed by atoms with Crippen molar-refractivity contribution in [3.8, 4) is 5.75 Å². The number of anilines is 2. The highest BCUT2D eigenvalue weighted by atomic mass is 35.5. The second-order valence-corrected chi connectivity index (χ2v) is 8.21. The maximum absolute atomic E-state index is 12.8. The van der Waals surface area contributed by atoms with Gasteiger partial charge in [0.25, 0.3) is 5.91 Å². The van der Waals surface area contributed by atoms with Crippen LogP contribution in [0.25, 0.3) is 11.6 Å². The van der Waals surface area contributed by atoms with Crippen LogP contribution in [0.5, 0.6) is 5.75 Å². The molecular weight excluding hydrogens is 468 g/mol. The van der Waals surface area contributed by atoms with Crippen LogP contribution in [-0.2, 0) is 14.4 Å². The van der Waals surface area contributed by atoms with Crippen molar-refractivity contribution in [3.63, 3.8) is 0 Å². The molecule has 184 valence electrons. The van der Waals surface area contributed by atoms with Crippen LogP contribution >= 0.6 is 12.4 Å². The van der Waals surface area contributed by atoms with Crippen LogP contribution in [-0.4, -0.2) is 63.1 Å². The summed E-state index contributed by atoms with van der Waals surface area (Å²) in [5.41, 5.74) is 5.82. The number of hydrogen-bond acceptors (Lipinski definition) is 7. The normalized spacial score (nSPS) is 18.9. The molecule has 0 spiro atoms. The summed E-state index contributed by atoms with van der Waals surface area (Å²) in [6.45, 7) is 7.40. The molecule has 2 N–H and O–H groups in total. The first-order valence-electron chi connectivity index (χ1n) is 11.6. The number of halogens is 1. The third-order valence-electron chi connectivity index (χ3n) is 5.96. The van der Waals surface area contributed by atoms with Gasteiger partial charge in [0.05, 0.1) is 30.7 Å². The van der Waals surface area contributed by atoms with Crippen LogP contribution in [0, 0.1) is 0 Å². The zero-order valence-corrected chi connectivity index (χ0v) is 20.4. The molecule has 2 aromatic rings. The highest BCUT2D eigenvalue weighted by Crippen LogP contribution is 2.37. The summed E-state index contributed by atoms with van der Waals surface area (Å²) in [5.74, 6) is 0.701. The molecule has 5 rings (SSSR count). The van der Waals surface area contributed by atoms with Crippen LogP contribution < -0.4 is 15.4 Å². The summed E-state index contributed by atoms with van der Waals surface area (Å²) in [4.78, 5) is 20.2. The molecule has 0 unspecified atom stereocenters. The lowest BCUT2D eigenvalue weighted by molar-refractivity contribution is -0.110. The van der Waals surface area contributed by atoms with Crippen molar-refractivity contribution in [3.05, 3.63) is 64.9 Å². The van der Waals surface area contributed by atoms with Gasteiger partial charge in [0.15, 0.2) is 0 Å². The van der Waals surface area contributed by atoms with E-state index >= 15 is 0 Å². The summed E-state index contributed by atoms with van der Waals surface area (Å²) >= 11 is 0. The average Bonchev–Trinajstić information content (AvgIpc) is 3.19. The molecule has 1 fully saturated rings. The monoisotopic (exact) mass is 496 g/mol. The molecule has 1 saturated heterocycles. The van der Waals surface area contributed by atoms with Crippen LogP contribution in [0.1, 0.15) is 23.6 Å². The first-order chi connectivity index (χ1) is 16.7. The Balaban J connectivity index is 0.00000289. The first-order valence-corrected chi connectivity index (χ1v) is 11.6. The van der Waals surface area contributed by atoms with Gasteiger partial charge in [0, 0.05) is 42.1 Å². The average molecular weight is 497 g/mol. The van der Waals surface area contributed by atoms with E-state index in [9.17, 15) is 4.79 Å². The third kappa shape index (κ3) is 5.67. The Labute approximate surface area is 211 Å². The lowest BCUT2D eigenvalue weighted by Crippen LogP contribution is -2.38. The molecule has 0 radical (unpaired) electrons. The van der Waals surface area contributed by atoms with Gasteiger partial charge in [-0.3, -0.25) is 9.69 Å². The lowest BCUT2D eigenvalue weighted by Gasteiger charge is -2.26. The summed E-state index contributed by atoms with van der Waals surface area (Å²) in [6.07, 6.45) is 5.59. The van der Waals surface area contributed by atoms with Crippen LogP contribution in [0.4, 0.5) is 11.4 Å². The Morgan fingerprint density at radius 1 is 1.09 bits per heavy atom. The van der Waals surface area contributed by atoms with Gasteiger partial charge >= 0.3 is 0 Å². The fourth-order valence-corrected chi connectivity index (χ4v) is 4.22. The fourth-order valence-electron chi connectivity index (χ4n) is 4.22. The van der Waals surface area contributed by atoms with Gasteiger partial charge in [-0.05, 0) is 42.8 Å². The van der Waals surface area contributed by atoms with E-state index in [2.05, 4.69) is 20.7 Å². The van der Waals surface area contributed by atoms with Crippen molar-refractivity contribution < 1.29 is 19.1 Å². The molecule has 0 aromatic heterocycles. The molecule has 9 heteroatoms. The van der Waals surface area contributed by atoms with Gasteiger partial charge < -0.3 is 24.9 Å². The molecule has 0 atom stereocenters. The smallest absolute Gasteiger partial charge is 0.258 e. The standard InChI is InChI=1S/C26H28N4O4.ClH/c1-2-34-27-17-18-3-6-21-24(15-18)29-26(31)25(21)23-7-4-19-16-20(5-8-22(19)28-23)33-14-11-30-9-12-32-13-10-30;/h3-8,15-17,28H,2,9-14H2,1H3,(H,29,31);1H/b25-23-,27-17+;. The van der Waals surface area contributed by atoms with E-state index in [0.29, 0.717) is 18.8 Å². The van der Waals surface area contributed by atoms with Gasteiger partial charge in [0.1, 0.15) is 19.0 Å². The maximum Gasteiger partial charge on any atom is 0.258 e. The minimum Gasteiger partial charge on any atom is -0.492 e. The molecule has 3 heterocycles. The minimum absolute atomic E-state index is 0. The van der Waals surface area contributed by atoms with E-state index in [1.807, 2.05) is 55.5 Å². The summed E-state index contributed by atoms with van der Waals surface area (Å²) in [5, 5.41) is 10.3. The Morgan fingerprint density at radius 3 is 2.77 bits per heavy atom.